The van der Waals surface area contributed by atoms with Crippen molar-refractivity contribution >= 4 is 38.9 Å². The summed E-state index contributed by atoms with van der Waals surface area (Å²) in [5, 5.41) is 0.379. The maximum Gasteiger partial charge on any atom is 0.262 e. The van der Waals surface area contributed by atoms with Crippen LogP contribution in [0.1, 0.15) is 33.3 Å². The van der Waals surface area contributed by atoms with E-state index in [9.17, 15) is 13.2 Å². The number of ether oxygens (including phenoxy) is 1. The number of rotatable bonds is 5. The molecule has 0 bridgehead atoms. The Hall–Kier alpha value is -2.25. The van der Waals surface area contributed by atoms with Gasteiger partial charge in [0.1, 0.15) is 12.4 Å². The number of fused-ring (bicyclic) bond motifs is 1. The normalized spacial score (nSPS) is 16.1. The summed E-state index contributed by atoms with van der Waals surface area (Å²) < 4.78 is 34.4. The Balaban J connectivity index is 2.02. The molecule has 0 spiro atoms. The van der Waals surface area contributed by atoms with Crippen LogP contribution >= 0.6 is 11.6 Å². The van der Waals surface area contributed by atoms with E-state index in [-0.39, 0.29) is 23.3 Å². The minimum atomic E-state index is -3.86. The van der Waals surface area contributed by atoms with Crippen molar-refractivity contribution in [3.63, 3.8) is 0 Å². The van der Waals surface area contributed by atoms with Gasteiger partial charge in [0.25, 0.3) is 10.0 Å². The van der Waals surface area contributed by atoms with Crippen molar-refractivity contribution in [1.82, 2.24) is 0 Å². The molecule has 0 aliphatic carbocycles. The van der Waals surface area contributed by atoms with Crippen molar-refractivity contribution in [3.8, 4) is 5.75 Å². The van der Waals surface area contributed by atoms with E-state index in [1.165, 1.54) is 6.07 Å². The monoisotopic (exact) mass is 450 g/mol. The molecule has 6 nitrogen and oxygen atoms in total. The maximum atomic E-state index is 13.2. The first-order chi connectivity index (χ1) is 13.9. The second kappa shape index (κ2) is 8.12. The molecule has 8 heteroatoms. The Bertz CT molecular complexity index is 1080. The van der Waals surface area contributed by atoms with Crippen molar-refractivity contribution in [2.24, 2.45) is 11.3 Å². The second-order valence-corrected chi connectivity index (χ2v) is 10.7. The van der Waals surface area contributed by atoms with Crippen molar-refractivity contribution in [2.45, 2.75) is 39.5 Å². The molecule has 1 aliphatic heterocycles. The maximum absolute atomic E-state index is 13.2. The lowest BCUT2D eigenvalue weighted by molar-refractivity contribution is -0.127. The SMILES string of the molecule is Cc1c(Cl)cccc1S(=O)(=O)Nc1ccc2c(c1)N(CC(C)C)C(=O)C(C)(C)CO2. The van der Waals surface area contributed by atoms with Gasteiger partial charge in [-0.05, 0) is 62.6 Å². The van der Waals surface area contributed by atoms with Crippen molar-refractivity contribution in [1.29, 1.82) is 0 Å². The molecule has 1 amide bonds. The molecule has 0 saturated heterocycles. The third kappa shape index (κ3) is 4.42. The molecule has 30 heavy (non-hydrogen) atoms. The lowest BCUT2D eigenvalue weighted by Gasteiger charge is -2.29. The van der Waals surface area contributed by atoms with Crippen LogP contribution in [0, 0.1) is 18.3 Å². The summed E-state index contributed by atoms with van der Waals surface area (Å²) >= 11 is 6.09. The first kappa shape index (κ1) is 22.4. The van der Waals surface area contributed by atoms with E-state index in [4.69, 9.17) is 16.3 Å². The van der Waals surface area contributed by atoms with Gasteiger partial charge in [-0.15, -0.1) is 0 Å². The van der Waals surface area contributed by atoms with Gasteiger partial charge in [0.05, 0.1) is 21.7 Å². The van der Waals surface area contributed by atoms with E-state index in [0.29, 0.717) is 34.3 Å². The van der Waals surface area contributed by atoms with Crippen LogP contribution in [0.3, 0.4) is 0 Å². The Morgan fingerprint density at radius 2 is 1.93 bits per heavy atom. The van der Waals surface area contributed by atoms with Crippen molar-refractivity contribution in [2.75, 3.05) is 22.8 Å². The van der Waals surface area contributed by atoms with Gasteiger partial charge >= 0.3 is 0 Å². The number of hydrogen-bond acceptors (Lipinski definition) is 4. The van der Waals surface area contributed by atoms with Crippen LogP contribution in [0.25, 0.3) is 0 Å². The van der Waals surface area contributed by atoms with Crippen LogP contribution in [0.15, 0.2) is 41.3 Å². The standard InChI is InChI=1S/C22H27ClN2O4S/c1-14(2)12-25-18-11-16(9-10-19(18)29-13-22(4,5)21(25)26)24-30(27,28)20-8-6-7-17(23)15(20)3/h6-11,14,24H,12-13H2,1-5H3. The number of carbonyl (C=O) groups excluding carboxylic acids is 1. The summed E-state index contributed by atoms with van der Waals surface area (Å²) in [5.74, 6) is 0.724. The van der Waals surface area contributed by atoms with Gasteiger partial charge < -0.3 is 9.64 Å². The molecule has 1 heterocycles. The molecule has 0 fully saturated rings. The molecule has 0 unspecified atom stereocenters. The molecular weight excluding hydrogens is 424 g/mol. The van der Waals surface area contributed by atoms with Gasteiger partial charge in [0.2, 0.25) is 5.91 Å². The van der Waals surface area contributed by atoms with Crippen LogP contribution in [-0.2, 0) is 14.8 Å². The van der Waals surface area contributed by atoms with Crippen LogP contribution in [0.4, 0.5) is 11.4 Å². The molecule has 1 N–H and O–H groups in total. The average molecular weight is 451 g/mol. The van der Waals surface area contributed by atoms with Crippen molar-refractivity contribution < 1.29 is 17.9 Å². The fraction of sp³-hybridized carbons (Fsp3) is 0.409. The number of nitrogens with zero attached hydrogens (tertiary/aromatic N) is 1. The lowest BCUT2D eigenvalue weighted by atomic mass is 9.92. The fourth-order valence-electron chi connectivity index (χ4n) is 3.34. The van der Waals surface area contributed by atoms with Gasteiger partial charge in [-0.1, -0.05) is 31.5 Å². The molecule has 0 atom stereocenters. The van der Waals surface area contributed by atoms with E-state index in [0.717, 1.165) is 0 Å². The van der Waals surface area contributed by atoms with Crippen LogP contribution in [0.5, 0.6) is 5.75 Å². The quantitative estimate of drug-likeness (QED) is 0.705. The Morgan fingerprint density at radius 1 is 1.23 bits per heavy atom. The van der Waals surface area contributed by atoms with E-state index in [1.807, 2.05) is 27.7 Å². The number of hydrogen-bond donors (Lipinski definition) is 1. The highest BCUT2D eigenvalue weighted by Crippen LogP contribution is 2.39. The topological polar surface area (TPSA) is 75.7 Å². The van der Waals surface area contributed by atoms with E-state index >= 15 is 0 Å². The highest BCUT2D eigenvalue weighted by molar-refractivity contribution is 7.92. The Morgan fingerprint density at radius 3 is 2.60 bits per heavy atom. The number of anilines is 2. The molecule has 162 valence electrons. The molecular formula is C22H27ClN2O4S. The Kier molecular flexibility index (Phi) is 6.07. The van der Waals surface area contributed by atoms with E-state index < -0.39 is 15.4 Å². The highest BCUT2D eigenvalue weighted by atomic mass is 35.5. The lowest BCUT2D eigenvalue weighted by Crippen LogP contribution is -2.43. The second-order valence-electron chi connectivity index (χ2n) is 8.63. The first-order valence-corrected chi connectivity index (χ1v) is 11.7. The zero-order valence-electron chi connectivity index (χ0n) is 17.8. The zero-order chi connectivity index (χ0) is 22.3. The largest absolute Gasteiger partial charge is 0.490 e. The van der Waals surface area contributed by atoms with Crippen LogP contribution in [0.2, 0.25) is 5.02 Å². The molecule has 3 rings (SSSR count). The number of amides is 1. The third-order valence-corrected chi connectivity index (χ3v) is 6.90. The summed E-state index contributed by atoms with van der Waals surface area (Å²) in [4.78, 5) is 15.0. The van der Waals surface area contributed by atoms with E-state index in [1.54, 1.807) is 42.2 Å². The third-order valence-electron chi connectivity index (χ3n) is 4.97. The summed E-state index contributed by atoms with van der Waals surface area (Å²) in [5.41, 5.74) is 0.689. The summed E-state index contributed by atoms with van der Waals surface area (Å²) in [6, 6.07) is 9.72. The summed E-state index contributed by atoms with van der Waals surface area (Å²) in [6.45, 7) is 10.2. The minimum absolute atomic E-state index is 0.0550. The van der Waals surface area contributed by atoms with Crippen LogP contribution < -0.4 is 14.4 Å². The van der Waals surface area contributed by atoms with Gasteiger partial charge in [-0.25, -0.2) is 8.42 Å². The van der Waals surface area contributed by atoms with Gasteiger partial charge in [0, 0.05) is 11.6 Å². The predicted molar refractivity (Wildman–Crippen MR) is 120 cm³/mol. The summed E-state index contributed by atoms with van der Waals surface area (Å²) in [7, 11) is -3.86. The van der Waals surface area contributed by atoms with Gasteiger partial charge in [-0.2, -0.15) is 0 Å². The number of nitrogens with one attached hydrogen (secondary N) is 1. The van der Waals surface area contributed by atoms with E-state index in [2.05, 4.69) is 4.72 Å². The van der Waals surface area contributed by atoms with Crippen LogP contribution in [-0.4, -0.2) is 27.5 Å². The van der Waals surface area contributed by atoms with Crippen molar-refractivity contribution in [3.05, 3.63) is 47.0 Å². The number of halogens is 1. The average Bonchev–Trinajstić information content (AvgIpc) is 2.73. The molecule has 2 aromatic rings. The van der Waals surface area contributed by atoms with Gasteiger partial charge in [-0.3, -0.25) is 9.52 Å². The zero-order valence-corrected chi connectivity index (χ0v) is 19.4. The number of sulfonamides is 1. The summed E-state index contributed by atoms with van der Waals surface area (Å²) in [6.07, 6.45) is 0. The minimum Gasteiger partial charge on any atom is -0.490 e. The smallest absolute Gasteiger partial charge is 0.262 e. The molecule has 0 radical (unpaired) electrons. The van der Waals surface area contributed by atoms with Gasteiger partial charge in [0.15, 0.2) is 0 Å². The Labute approximate surface area is 183 Å². The molecule has 1 aliphatic rings. The first-order valence-electron chi connectivity index (χ1n) is 9.79. The molecule has 2 aromatic carbocycles. The number of benzene rings is 2. The molecule has 0 saturated carbocycles. The number of carbonyl (C=O) groups is 1. The molecule has 0 aromatic heterocycles. The highest BCUT2D eigenvalue weighted by Gasteiger charge is 2.38. The fourth-order valence-corrected chi connectivity index (χ4v) is 4.89. The predicted octanol–water partition coefficient (Wildman–Crippen LogP) is 4.86.